The summed E-state index contributed by atoms with van der Waals surface area (Å²) in [6, 6.07) is 0. The van der Waals surface area contributed by atoms with Crippen LogP contribution in [-0.2, 0) is 19.1 Å². The van der Waals surface area contributed by atoms with E-state index in [9.17, 15) is 9.59 Å². The summed E-state index contributed by atoms with van der Waals surface area (Å²) in [5, 5.41) is 0. The first kappa shape index (κ1) is 25.6. The quantitative estimate of drug-likeness (QED) is 0.145. The maximum absolute atomic E-state index is 11.6. The minimum absolute atomic E-state index is 0.198. The molecule has 0 fully saturated rings. The van der Waals surface area contributed by atoms with Crippen LogP contribution >= 0.6 is 21.6 Å². The van der Waals surface area contributed by atoms with Crippen LogP contribution < -0.4 is 0 Å². The Balaban J connectivity index is 3.31. The van der Waals surface area contributed by atoms with Gasteiger partial charge in [-0.05, 0) is 12.8 Å². The van der Waals surface area contributed by atoms with Gasteiger partial charge in [-0.2, -0.15) is 0 Å². The molecule has 0 heterocycles. The molecule has 0 aromatic carbocycles. The second-order valence-corrected chi connectivity index (χ2v) is 8.96. The highest BCUT2D eigenvalue weighted by Crippen LogP contribution is 2.21. The zero-order valence-corrected chi connectivity index (χ0v) is 18.4. The van der Waals surface area contributed by atoms with Crippen molar-refractivity contribution in [2.75, 3.05) is 24.7 Å². The largest absolute Gasteiger partial charge is 0.465 e. The van der Waals surface area contributed by atoms with Crippen LogP contribution in [0, 0.1) is 0 Å². The Morgan fingerprint density at radius 3 is 1.31 bits per heavy atom. The third-order valence-corrected chi connectivity index (χ3v) is 6.04. The van der Waals surface area contributed by atoms with E-state index in [0.717, 1.165) is 25.7 Å². The van der Waals surface area contributed by atoms with Gasteiger partial charge in [0, 0.05) is 0 Å². The van der Waals surface area contributed by atoms with Gasteiger partial charge < -0.3 is 9.47 Å². The molecular formula is C20H38O4S2. The molecule has 0 saturated heterocycles. The molecular weight excluding hydrogens is 368 g/mol. The second-order valence-electron chi connectivity index (χ2n) is 6.50. The molecule has 0 rings (SSSR count). The van der Waals surface area contributed by atoms with Gasteiger partial charge >= 0.3 is 11.9 Å². The maximum atomic E-state index is 11.6. The molecule has 0 spiro atoms. The van der Waals surface area contributed by atoms with E-state index in [4.69, 9.17) is 9.47 Å². The molecule has 0 aromatic rings. The molecule has 4 nitrogen and oxygen atoms in total. The molecule has 0 aliphatic carbocycles. The number of esters is 2. The highest BCUT2D eigenvalue weighted by molar-refractivity contribution is 8.77. The fourth-order valence-corrected chi connectivity index (χ4v) is 4.00. The average molecular weight is 407 g/mol. The van der Waals surface area contributed by atoms with E-state index in [1.165, 1.54) is 73.0 Å². The Labute approximate surface area is 168 Å². The van der Waals surface area contributed by atoms with Crippen LogP contribution in [0.1, 0.15) is 90.9 Å². The molecule has 0 atom stereocenters. The lowest BCUT2D eigenvalue weighted by molar-refractivity contribution is -0.141. The fourth-order valence-electron chi connectivity index (χ4n) is 2.40. The molecule has 6 heteroatoms. The first-order valence-corrected chi connectivity index (χ1v) is 12.7. The predicted octanol–water partition coefficient (Wildman–Crippen LogP) is 6.18. The van der Waals surface area contributed by atoms with Crippen LogP contribution in [0.15, 0.2) is 0 Å². The number of ether oxygens (including phenoxy) is 2. The van der Waals surface area contributed by atoms with Crippen molar-refractivity contribution in [1.82, 2.24) is 0 Å². The summed E-state index contributed by atoms with van der Waals surface area (Å²) in [6.45, 7) is 5.42. The smallest absolute Gasteiger partial charge is 0.316 e. The number of hydrogen-bond acceptors (Lipinski definition) is 6. The number of rotatable bonds is 19. The SMILES string of the molecule is CCCCCCCCOC(=O)CSSCC(=O)OCCCCCCCC. The molecule has 0 radical (unpaired) electrons. The summed E-state index contributed by atoms with van der Waals surface area (Å²) in [5.74, 6) is 0.171. The Hall–Kier alpha value is -0.360. The Morgan fingerprint density at radius 2 is 0.923 bits per heavy atom. The summed E-state index contributed by atoms with van der Waals surface area (Å²) in [7, 11) is 2.72. The van der Waals surface area contributed by atoms with Crippen molar-refractivity contribution < 1.29 is 19.1 Å². The van der Waals surface area contributed by atoms with Crippen LogP contribution in [0.25, 0.3) is 0 Å². The highest BCUT2D eigenvalue weighted by Gasteiger charge is 2.07. The van der Waals surface area contributed by atoms with Gasteiger partial charge in [0.05, 0.1) is 13.2 Å². The average Bonchev–Trinajstić information content (AvgIpc) is 2.64. The number of carbonyl (C=O) groups excluding carboxylic acids is 2. The maximum Gasteiger partial charge on any atom is 0.316 e. The molecule has 0 unspecified atom stereocenters. The normalized spacial score (nSPS) is 10.7. The van der Waals surface area contributed by atoms with Crippen LogP contribution in [0.4, 0.5) is 0 Å². The second kappa shape index (κ2) is 20.9. The van der Waals surface area contributed by atoms with Gasteiger partial charge in [-0.3, -0.25) is 9.59 Å². The van der Waals surface area contributed by atoms with Crippen molar-refractivity contribution in [1.29, 1.82) is 0 Å². The van der Waals surface area contributed by atoms with Crippen LogP contribution in [-0.4, -0.2) is 36.7 Å². The van der Waals surface area contributed by atoms with E-state index in [0.29, 0.717) is 13.2 Å². The topological polar surface area (TPSA) is 52.6 Å². The van der Waals surface area contributed by atoms with Gasteiger partial charge in [0.1, 0.15) is 11.5 Å². The van der Waals surface area contributed by atoms with Gasteiger partial charge in [-0.25, -0.2) is 0 Å². The number of carbonyl (C=O) groups is 2. The minimum atomic E-state index is -0.198. The molecule has 0 aliphatic heterocycles. The van der Waals surface area contributed by atoms with E-state index in [1.54, 1.807) is 0 Å². The summed E-state index contributed by atoms with van der Waals surface area (Å²) < 4.78 is 10.4. The Morgan fingerprint density at radius 1 is 0.577 bits per heavy atom. The molecule has 0 saturated carbocycles. The van der Waals surface area contributed by atoms with Gasteiger partial charge in [0.2, 0.25) is 0 Å². The van der Waals surface area contributed by atoms with E-state index in [1.807, 2.05) is 0 Å². The Kier molecular flexibility index (Phi) is 20.7. The van der Waals surface area contributed by atoms with Crippen molar-refractivity contribution in [3.8, 4) is 0 Å². The van der Waals surface area contributed by atoms with Crippen molar-refractivity contribution in [3.05, 3.63) is 0 Å². The summed E-state index contributed by atoms with van der Waals surface area (Å²) in [6.07, 6.45) is 14.2. The van der Waals surface area contributed by atoms with Gasteiger partial charge in [0.25, 0.3) is 0 Å². The van der Waals surface area contributed by atoms with Crippen molar-refractivity contribution >= 4 is 33.5 Å². The van der Waals surface area contributed by atoms with Crippen LogP contribution in [0.3, 0.4) is 0 Å². The summed E-state index contributed by atoms with van der Waals surface area (Å²) in [4.78, 5) is 23.1. The van der Waals surface area contributed by atoms with E-state index < -0.39 is 0 Å². The molecule has 0 bridgehead atoms. The zero-order valence-electron chi connectivity index (χ0n) is 16.8. The zero-order chi connectivity index (χ0) is 19.3. The van der Waals surface area contributed by atoms with Gasteiger partial charge in [0.15, 0.2) is 0 Å². The third kappa shape index (κ3) is 20.0. The lowest BCUT2D eigenvalue weighted by Gasteiger charge is -2.06. The number of unbranched alkanes of at least 4 members (excludes halogenated alkanes) is 10. The Bertz CT molecular complexity index is 306. The van der Waals surface area contributed by atoms with Crippen molar-refractivity contribution in [2.24, 2.45) is 0 Å². The summed E-state index contributed by atoms with van der Waals surface area (Å²) >= 11 is 0. The first-order valence-electron chi connectivity index (χ1n) is 10.3. The summed E-state index contributed by atoms with van der Waals surface area (Å²) in [5.41, 5.74) is 0. The molecule has 0 amide bonds. The van der Waals surface area contributed by atoms with E-state index >= 15 is 0 Å². The third-order valence-electron chi connectivity index (χ3n) is 3.96. The molecule has 154 valence electrons. The molecule has 26 heavy (non-hydrogen) atoms. The highest BCUT2D eigenvalue weighted by atomic mass is 33.1. The predicted molar refractivity (Wildman–Crippen MR) is 114 cm³/mol. The molecule has 0 aliphatic rings. The standard InChI is InChI=1S/C20H38O4S2/c1-3-5-7-9-11-13-15-23-19(21)17-25-26-18-20(22)24-16-14-12-10-8-6-4-2/h3-18H2,1-2H3. The van der Waals surface area contributed by atoms with Crippen LogP contribution in [0.5, 0.6) is 0 Å². The molecule has 0 N–H and O–H groups in total. The van der Waals surface area contributed by atoms with Gasteiger partial charge in [-0.1, -0.05) is 99.6 Å². The lowest BCUT2D eigenvalue weighted by Crippen LogP contribution is -2.10. The van der Waals surface area contributed by atoms with Crippen molar-refractivity contribution in [3.63, 3.8) is 0 Å². The number of hydrogen-bond donors (Lipinski definition) is 0. The molecule has 0 aromatic heterocycles. The van der Waals surface area contributed by atoms with Gasteiger partial charge in [-0.15, -0.1) is 0 Å². The fraction of sp³-hybridized carbons (Fsp3) is 0.900. The lowest BCUT2D eigenvalue weighted by atomic mass is 10.1. The van der Waals surface area contributed by atoms with Crippen LogP contribution in [0.2, 0.25) is 0 Å². The van der Waals surface area contributed by atoms with E-state index in [-0.39, 0.29) is 23.4 Å². The van der Waals surface area contributed by atoms with E-state index in [2.05, 4.69) is 13.8 Å². The minimum Gasteiger partial charge on any atom is -0.465 e. The monoisotopic (exact) mass is 406 g/mol. The first-order chi connectivity index (χ1) is 12.7. The van der Waals surface area contributed by atoms with Crippen molar-refractivity contribution in [2.45, 2.75) is 90.9 Å².